The Morgan fingerprint density at radius 2 is 2.33 bits per heavy atom. The van der Waals surface area contributed by atoms with E-state index in [-0.39, 0.29) is 0 Å². The summed E-state index contributed by atoms with van der Waals surface area (Å²) >= 11 is 0. The maximum Gasteiger partial charge on any atom is 0.338 e. The van der Waals surface area contributed by atoms with Crippen LogP contribution in [0.15, 0.2) is 0 Å². The number of hydrogen-bond donors (Lipinski definition) is 3. The van der Waals surface area contributed by atoms with E-state index in [4.69, 9.17) is 10.8 Å². The Kier molecular flexibility index (Phi) is 2.61. The van der Waals surface area contributed by atoms with E-state index in [0.29, 0.717) is 6.54 Å². The molecule has 0 aliphatic heterocycles. The maximum absolute atomic E-state index is 10.2. The van der Waals surface area contributed by atoms with Gasteiger partial charge in [0, 0.05) is 0 Å². The van der Waals surface area contributed by atoms with E-state index in [9.17, 15) is 4.79 Å². The van der Waals surface area contributed by atoms with Crippen molar-refractivity contribution in [2.24, 2.45) is 5.73 Å². The number of nitrogens with one attached hydrogen (secondary N) is 1. The van der Waals surface area contributed by atoms with E-state index in [1.807, 2.05) is 0 Å². The molecule has 1 atom stereocenters. The first-order chi connectivity index (χ1) is 4.00. The molecule has 4 heteroatoms. The van der Waals surface area contributed by atoms with Gasteiger partial charge in [-0.05, 0) is 13.5 Å². The van der Waals surface area contributed by atoms with Crippen LogP contribution >= 0.6 is 0 Å². The van der Waals surface area contributed by atoms with Gasteiger partial charge in [-0.1, -0.05) is 6.92 Å². The molecule has 0 aromatic carbocycles. The third-order valence-corrected chi connectivity index (χ3v) is 0.988. The highest BCUT2D eigenvalue weighted by Crippen LogP contribution is 1.90. The molecule has 0 aliphatic rings. The van der Waals surface area contributed by atoms with E-state index in [1.54, 1.807) is 6.92 Å². The molecule has 0 spiro atoms. The van der Waals surface area contributed by atoms with Crippen LogP contribution in [-0.4, -0.2) is 23.3 Å². The first-order valence-electron chi connectivity index (χ1n) is 2.78. The number of carboxylic acids is 1. The predicted octanol–water partition coefficient (Wildman–Crippen LogP) is -0.645. The van der Waals surface area contributed by atoms with Gasteiger partial charge in [0.05, 0.1) is 0 Å². The van der Waals surface area contributed by atoms with Gasteiger partial charge in [-0.3, -0.25) is 5.32 Å². The molecule has 0 aromatic heterocycles. The van der Waals surface area contributed by atoms with Gasteiger partial charge < -0.3 is 10.8 Å². The zero-order chi connectivity index (χ0) is 7.49. The van der Waals surface area contributed by atoms with Crippen LogP contribution in [0.1, 0.15) is 13.8 Å². The first kappa shape index (κ1) is 8.39. The number of aliphatic carboxylic acids is 1. The minimum Gasteiger partial charge on any atom is -0.479 e. The predicted molar refractivity (Wildman–Crippen MR) is 33.9 cm³/mol. The number of likely N-dealkylation sites (N-methyl/N-ethyl adjacent to an activating group) is 1. The molecule has 0 saturated heterocycles. The standard InChI is InChI=1S/C5H12N2O2/c1-3-7-5(2,6)4(8)9/h7H,3,6H2,1-2H3,(H,8,9). The summed E-state index contributed by atoms with van der Waals surface area (Å²) in [5.41, 5.74) is 3.98. The number of hydrogen-bond acceptors (Lipinski definition) is 3. The van der Waals surface area contributed by atoms with Gasteiger partial charge in [0.25, 0.3) is 0 Å². The van der Waals surface area contributed by atoms with Crippen molar-refractivity contribution in [1.29, 1.82) is 0 Å². The molecule has 1 unspecified atom stereocenters. The van der Waals surface area contributed by atoms with Crippen molar-refractivity contribution in [3.8, 4) is 0 Å². The Bertz CT molecular complexity index is 112. The Morgan fingerprint density at radius 3 is 2.44 bits per heavy atom. The number of nitrogens with two attached hydrogens (primary N) is 1. The monoisotopic (exact) mass is 132 g/mol. The Labute approximate surface area is 54.0 Å². The molecular formula is C5H12N2O2. The first-order valence-corrected chi connectivity index (χ1v) is 2.78. The zero-order valence-electron chi connectivity index (χ0n) is 5.64. The lowest BCUT2D eigenvalue weighted by molar-refractivity contribution is -0.143. The van der Waals surface area contributed by atoms with E-state index in [2.05, 4.69) is 5.32 Å². The van der Waals surface area contributed by atoms with Gasteiger partial charge in [0.15, 0.2) is 5.66 Å². The molecular weight excluding hydrogens is 120 g/mol. The summed E-state index contributed by atoms with van der Waals surface area (Å²) in [6.45, 7) is 3.77. The lowest BCUT2D eigenvalue weighted by Gasteiger charge is -2.19. The Balaban J connectivity index is 3.85. The SMILES string of the molecule is CCNC(C)(N)C(=O)O. The minimum absolute atomic E-state index is 0.555. The Hall–Kier alpha value is -0.610. The van der Waals surface area contributed by atoms with Gasteiger partial charge in [0.2, 0.25) is 0 Å². The molecule has 0 saturated carbocycles. The van der Waals surface area contributed by atoms with Crippen molar-refractivity contribution in [1.82, 2.24) is 5.32 Å². The summed E-state index contributed by atoms with van der Waals surface area (Å²) in [6, 6.07) is 0. The van der Waals surface area contributed by atoms with E-state index in [1.165, 1.54) is 6.92 Å². The van der Waals surface area contributed by atoms with Crippen LogP contribution in [-0.2, 0) is 4.79 Å². The number of rotatable bonds is 3. The molecule has 0 aromatic rings. The van der Waals surface area contributed by atoms with Crippen LogP contribution < -0.4 is 11.1 Å². The van der Waals surface area contributed by atoms with Crippen molar-refractivity contribution >= 4 is 5.97 Å². The molecule has 54 valence electrons. The molecule has 9 heavy (non-hydrogen) atoms. The molecule has 4 nitrogen and oxygen atoms in total. The summed E-state index contributed by atoms with van der Waals surface area (Å²) in [5.74, 6) is -1.04. The van der Waals surface area contributed by atoms with Crippen molar-refractivity contribution in [3.05, 3.63) is 0 Å². The lowest BCUT2D eigenvalue weighted by Crippen LogP contribution is -2.57. The molecule has 0 heterocycles. The third kappa shape index (κ3) is 2.43. The molecule has 0 fully saturated rings. The molecule has 0 bridgehead atoms. The topological polar surface area (TPSA) is 75.3 Å². The molecule has 4 N–H and O–H groups in total. The summed E-state index contributed by atoms with van der Waals surface area (Å²) < 4.78 is 0. The largest absolute Gasteiger partial charge is 0.479 e. The second-order valence-electron chi connectivity index (χ2n) is 2.04. The second-order valence-corrected chi connectivity index (χ2v) is 2.04. The lowest BCUT2D eigenvalue weighted by atomic mass is 10.2. The van der Waals surface area contributed by atoms with Crippen molar-refractivity contribution < 1.29 is 9.90 Å². The number of carboxylic acid groups (broad SMARTS) is 1. The van der Waals surface area contributed by atoms with Crippen LogP contribution in [0.3, 0.4) is 0 Å². The second kappa shape index (κ2) is 2.80. The maximum atomic E-state index is 10.2. The van der Waals surface area contributed by atoms with Crippen LogP contribution in [0.5, 0.6) is 0 Å². The normalized spacial score (nSPS) is 16.8. The minimum atomic E-state index is -1.28. The van der Waals surface area contributed by atoms with Crippen molar-refractivity contribution in [2.75, 3.05) is 6.54 Å². The summed E-state index contributed by atoms with van der Waals surface area (Å²) in [4.78, 5) is 10.2. The van der Waals surface area contributed by atoms with Gasteiger partial charge in [-0.15, -0.1) is 0 Å². The van der Waals surface area contributed by atoms with Crippen molar-refractivity contribution in [2.45, 2.75) is 19.5 Å². The fraction of sp³-hybridized carbons (Fsp3) is 0.800. The van der Waals surface area contributed by atoms with Crippen LogP contribution in [0.4, 0.5) is 0 Å². The fourth-order valence-electron chi connectivity index (χ4n) is 0.443. The summed E-state index contributed by atoms with van der Waals surface area (Å²) in [6.07, 6.45) is 0. The van der Waals surface area contributed by atoms with Gasteiger partial charge in [-0.25, -0.2) is 4.79 Å². The highest BCUT2D eigenvalue weighted by Gasteiger charge is 2.25. The highest BCUT2D eigenvalue weighted by atomic mass is 16.4. The number of carbonyl (C=O) groups is 1. The smallest absolute Gasteiger partial charge is 0.338 e. The van der Waals surface area contributed by atoms with E-state index < -0.39 is 11.6 Å². The van der Waals surface area contributed by atoms with Crippen molar-refractivity contribution in [3.63, 3.8) is 0 Å². The van der Waals surface area contributed by atoms with E-state index >= 15 is 0 Å². The fourth-order valence-corrected chi connectivity index (χ4v) is 0.443. The molecule has 0 aliphatic carbocycles. The van der Waals surface area contributed by atoms with Crippen LogP contribution in [0.2, 0.25) is 0 Å². The van der Waals surface area contributed by atoms with E-state index in [0.717, 1.165) is 0 Å². The van der Waals surface area contributed by atoms with Gasteiger partial charge in [0.1, 0.15) is 0 Å². The Morgan fingerprint density at radius 1 is 1.89 bits per heavy atom. The molecule has 0 rings (SSSR count). The molecule has 0 amide bonds. The quantitative estimate of drug-likeness (QED) is 0.446. The summed E-state index contributed by atoms with van der Waals surface area (Å²) in [7, 11) is 0. The average molecular weight is 132 g/mol. The van der Waals surface area contributed by atoms with Crippen LogP contribution in [0, 0.1) is 0 Å². The third-order valence-electron chi connectivity index (χ3n) is 0.988. The van der Waals surface area contributed by atoms with Gasteiger partial charge >= 0.3 is 5.97 Å². The average Bonchev–Trinajstić information content (AvgIpc) is 1.65. The molecule has 0 radical (unpaired) electrons. The summed E-state index contributed by atoms with van der Waals surface area (Å²) in [5, 5.41) is 11.0. The van der Waals surface area contributed by atoms with Gasteiger partial charge in [-0.2, -0.15) is 0 Å². The zero-order valence-corrected chi connectivity index (χ0v) is 5.64. The highest BCUT2D eigenvalue weighted by molar-refractivity contribution is 5.77. The van der Waals surface area contributed by atoms with Crippen LogP contribution in [0.25, 0.3) is 0 Å².